The highest BCUT2D eigenvalue weighted by molar-refractivity contribution is 6.39. The number of benzene rings is 1. The van der Waals surface area contributed by atoms with Crippen molar-refractivity contribution in [3.63, 3.8) is 0 Å². The monoisotopic (exact) mass is 281 g/mol. The van der Waals surface area contributed by atoms with Crippen molar-refractivity contribution in [1.82, 2.24) is 5.16 Å². The number of hydrogen-bond donors (Lipinski definition) is 0. The van der Waals surface area contributed by atoms with E-state index in [9.17, 15) is 0 Å². The normalized spacial score (nSPS) is 10.7. The second-order valence-corrected chi connectivity index (χ2v) is 4.88. The van der Waals surface area contributed by atoms with E-state index in [1.54, 1.807) is 18.2 Å². The van der Waals surface area contributed by atoms with Crippen LogP contribution in [0.5, 0.6) is 0 Å². The highest BCUT2D eigenvalue weighted by atomic mass is 35.5. The lowest BCUT2D eigenvalue weighted by Crippen LogP contribution is -1.89. The van der Waals surface area contributed by atoms with E-state index in [0.717, 1.165) is 17.6 Å². The highest BCUT2D eigenvalue weighted by Crippen LogP contribution is 2.38. The van der Waals surface area contributed by atoms with E-state index in [1.807, 2.05) is 13.8 Å². The first-order valence-electron chi connectivity index (χ1n) is 5.65. The van der Waals surface area contributed by atoms with E-state index >= 15 is 0 Å². The van der Waals surface area contributed by atoms with Crippen LogP contribution in [0.15, 0.2) is 29.3 Å². The molecule has 0 radical (unpaired) electrons. The van der Waals surface area contributed by atoms with Crippen LogP contribution < -0.4 is 0 Å². The van der Waals surface area contributed by atoms with Gasteiger partial charge in [0.2, 0.25) is 0 Å². The lowest BCUT2D eigenvalue weighted by atomic mass is 10.0. The van der Waals surface area contributed by atoms with E-state index in [0.29, 0.717) is 27.1 Å². The van der Waals surface area contributed by atoms with Gasteiger partial charge >= 0.3 is 0 Å². The van der Waals surface area contributed by atoms with Gasteiger partial charge in [0.1, 0.15) is 5.69 Å². The molecule has 0 aliphatic carbocycles. The second-order valence-electron chi connectivity index (χ2n) is 4.07. The fraction of sp³-hybridized carbons (Fsp3) is 0.214. The molecule has 0 saturated carbocycles. The molecule has 0 atom stereocenters. The molecule has 0 unspecified atom stereocenters. The van der Waals surface area contributed by atoms with E-state index in [4.69, 9.17) is 27.7 Å². The third-order valence-corrected chi connectivity index (χ3v) is 3.36. The first kappa shape index (κ1) is 13.2. The topological polar surface area (TPSA) is 26.0 Å². The summed E-state index contributed by atoms with van der Waals surface area (Å²) in [4.78, 5) is 0. The van der Waals surface area contributed by atoms with Crippen LogP contribution in [0.3, 0.4) is 0 Å². The summed E-state index contributed by atoms with van der Waals surface area (Å²) in [7, 11) is 0. The third-order valence-electron chi connectivity index (χ3n) is 2.73. The van der Waals surface area contributed by atoms with Gasteiger partial charge in [0.25, 0.3) is 0 Å². The predicted molar refractivity (Wildman–Crippen MR) is 76.0 cm³/mol. The van der Waals surface area contributed by atoms with Crippen LogP contribution in [-0.4, -0.2) is 5.16 Å². The zero-order valence-electron chi connectivity index (χ0n) is 10.3. The number of hydrogen-bond acceptors (Lipinski definition) is 2. The van der Waals surface area contributed by atoms with Crippen molar-refractivity contribution in [2.24, 2.45) is 0 Å². The zero-order valence-corrected chi connectivity index (χ0v) is 11.8. The van der Waals surface area contributed by atoms with E-state index < -0.39 is 0 Å². The highest BCUT2D eigenvalue weighted by Gasteiger charge is 2.20. The van der Waals surface area contributed by atoms with Crippen LogP contribution >= 0.6 is 23.2 Å². The molecule has 1 aromatic carbocycles. The van der Waals surface area contributed by atoms with Crippen molar-refractivity contribution in [3.05, 3.63) is 46.1 Å². The Bertz CT molecular complexity index is 582. The van der Waals surface area contributed by atoms with Gasteiger partial charge in [-0.2, -0.15) is 0 Å². The van der Waals surface area contributed by atoms with Crippen molar-refractivity contribution in [2.45, 2.75) is 20.3 Å². The maximum absolute atomic E-state index is 6.19. The van der Waals surface area contributed by atoms with E-state index in [2.05, 4.69) is 11.7 Å². The number of allylic oxidation sites excluding steroid dienone is 1. The molecule has 0 fully saturated rings. The Labute approximate surface area is 116 Å². The van der Waals surface area contributed by atoms with Gasteiger partial charge in [-0.25, -0.2) is 0 Å². The Balaban J connectivity index is 2.68. The number of halogens is 2. The summed E-state index contributed by atoms with van der Waals surface area (Å²) in [6.45, 7) is 7.81. The summed E-state index contributed by atoms with van der Waals surface area (Å²) in [5.74, 6) is 0.712. The smallest absolute Gasteiger partial charge is 0.165 e. The molecule has 1 heterocycles. The zero-order chi connectivity index (χ0) is 13.3. The summed E-state index contributed by atoms with van der Waals surface area (Å²) in [6.07, 6.45) is 0.780. The van der Waals surface area contributed by atoms with Crippen LogP contribution in [0, 0.1) is 0 Å². The Hall–Kier alpha value is -1.25. The van der Waals surface area contributed by atoms with Crippen molar-refractivity contribution >= 4 is 28.8 Å². The minimum Gasteiger partial charge on any atom is -0.356 e. The van der Waals surface area contributed by atoms with Gasteiger partial charge < -0.3 is 4.52 Å². The average Bonchev–Trinajstić information content (AvgIpc) is 2.72. The van der Waals surface area contributed by atoms with Gasteiger partial charge in [-0.15, -0.1) is 0 Å². The van der Waals surface area contributed by atoms with Crippen LogP contribution in [0.1, 0.15) is 25.2 Å². The van der Waals surface area contributed by atoms with Crippen molar-refractivity contribution in [1.29, 1.82) is 0 Å². The minimum atomic E-state index is 0.568. The van der Waals surface area contributed by atoms with Gasteiger partial charge in [0.05, 0.1) is 10.0 Å². The molecule has 2 aromatic rings. The maximum Gasteiger partial charge on any atom is 0.165 e. The molecule has 2 rings (SSSR count). The van der Waals surface area contributed by atoms with Crippen LogP contribution in [0.4, 0.5) is 0 Å². The summed E-state index contributed by atoms with van der Waals surface area (Å²) < 4.78 is 5.35. The molecular weight excluding hydrogens is 269 g/mol. The third kappa shape index (κ3) is 2.18. The lowest BCUT2D eigenvalue weighted by Gasteiger charge is -2.05. The van der Waals surface area contributed by atoms with Gasteiger partial charge in [0, 0.05) is 11.1 Å². The number of aromatic nitrogens is 1. The molecule has 18 heavy (non-hydrogen) atoms. The maximum atomic E-state index is 6.19. The van der Waals surface area contributed by atoms with Gasteiger partial charge in [-0.3, -0.25) is 0 Å². The predicted octanol–water partition coefficient (Wildman–Crippen LogP) is 5.24. The molecule has 2 nitrogen and oxygen atoms in total. The summed E-state index contributed by atoms with van der Waals surface area (Å²) in [6, 6.07) is 5.38. The standard InChI is InChI=1S/C14H13Cl2NO/c1-4-9-13(17-18-14(9)8(2)3)12-10(15)6-5-7-11(12)16/h5-7H,2,4H2,1,3H3. The lowest BCUT2D eigenvalue weighted by molar-refractivity contribution is 0.411. The summed E-state index contributed by atoms with van der Waals surface area (Å²) in [5.41, 5.74) is 3.24. The quantitative estimate of drug-likeness (QED) is 0.769. The second kappa shape index (κ2) is 5.17. The van der Waals surface area contributed by atoms with Crippen LogP contribution in [0.2, 0.25) is 10.0 Å². The Kier molecular flexibility index (Phi) is 3.79. The Morgan fingerprint density at radius 3 is 2.44 bits per heavy atom. The van der Waals surface area contributed by atoms with E-state index in [-0.39, 0.29) is 0 Å². The largest absolute Gasteiger partial charge is 0.356 e. The molecule has 0 spiro atoms. The minimum absolute atomic E-state index is 0.568. The van der Waals surface area contributed by atoms with Crippen LogP contribution in [-0.2, 0) is 6.42 Å². The summed E-state index contributed by atoms with van der Waals surface area (Å²) in [5, 5.41) is 5.23. The average molecular weight is 282 g/mol. The Morgan fingerprint density at radius 1 is 1.33 bits per heavy atom. The molecule has 0 aliphatic rings. The van der Waals surface area contributed by atoms with Crippen molar-refractivity contribution < 1.29 is 4.52 Å². The SMILES string of the molecule is C=C(C)c1onc(-c2c(Cl)cccc2Cl)c1CC. The first-order chi connectivity index (χ1) is 8.56. The number of rotatable bonds is 3. The molecule has 1 aromatic heterocycles. The molecule has 0 amide bonds. The molecule has 0 bridgehead atoms. The number of nitrogens with zero attached hydrogens (tertiary/aromatic N) is 1. The molecule has 0 aliphatic heterocycles. The molecular formula is C14H13Cl2NO. The summed E-state index contributed by atoms with van der Waals surface area (Å²) >= 11 is 12.4. The fourth-order valence-corrected chi connectivity index (χ4v) is 2.47. The van der Waals surface area contributed by atoms with Gasteiger partial charge in [-0.1, -0.05) is 47.9 Å². The molecule has 0 saturated heterocycles. The van der Waals surface area contributed by atoms with Gasteiger partial charge in [0.15, 0.2) is 5.76 Å². The first-order valence-corrected chi connectivity index (χ1v) is 6.40. The molecule has 94 valence electrons. The Morgan fingerprint density at radius 2 is 1.94 bits per heavy atom. The van der Waals surface area contributed by atoms with E-state index in [1.165, 1.54) is 0 Å². The molecule has 4 heteroatoms. The molecule has 0 N–H and O–H groups in total. The van der Waals surface area contributed by atoms with Crippen molar-refractivity contribution in [3.8, 4) is 11.3 Å². The fourth-order valence-electron chi connectivity index (χ4n) is 1.89. The van der Waals surface area contributed by atoms with Gasteiger partial charge in [-0.05, 0) is 31.1 Å². The van der Waals surface area contributed by atoms with Crippen LogP contribution in [0.25, 0.3) is 16.8 Å². The van der Waals surface area contributed by atoms with Crippen molar-refractivity contribution in [2.75, 3.05) is 0 Å².